The first kappa shape index (κ1) is 19.2. The van der Waals surface area contributed by atoms with Crippen molar-refractivity contribution in [1.29, 1.82) is 0 Å². The van der Waals surface area contributed by atoms with Crippen LogP contribution in [0, 0.1) is 6.92 Å². The van der Waals surface area contributed by atoms with Crippen LogP contribution in [0.3, 0.4) is 0 Å². The Labute approximate surface area is 164 Å². The van der Waals surface area contributed by atoms with Gasteiger partial charge in [0, 0.05) is 17.1 Å². The second-order valence-electron chi connectivity index (χ2n) is 5.47. The Morgan fingerprint density at radius 3 is 2.70 bits per heavy atom. The minimum atomic E-state index is -0.634. The molecule has 140 valence electrons. The van der Waals surface area contributed by atoms with Gasteiger partial charge in [-0.3, -0.25) is 4.79 Å². The summed E-state index contributed by atoms with van der Waals surface area (Å²) in [5.41, 5.74) is 0.864. The third-order valence-electron chi connectivity index (χ3n) is 3.39. The van der Waals surface area contributed by atoms with Crippen LogP contribution in [0.25, 0.3) is 0 Å². The average molecular weight is 403 g/mol. The lowest BCUT2D eigenvalue weighted by atomic mass is 10.2. The lowest BCUT2D eigenvalue weighted by Gasteiger charge is -2.06. The van der Waals surface area contributed by atoms with E-state index in [0.717, 1.165) is 16.3 Å². The van der Waals surface area contributed by atoms with Crippen molar-refractivity contribution in [2.24, 2.45) is 0 Å². The number of aromatic nitrogens is 1. The summed E-state index contributed by atoms with van der Waals surface area (Å²) in [6.07, 6.45) is 1.16. The average Bonchev–Trinajstić information content (AvgIpc) is 3.08. The van der Waals surface area contributed by atoms with Gasteiger partial charge in [-0.2, -0.15) is 0 Å². The summed E-state index contributed by atoms with van der Waals surface area (Å²) in [6, 6.07) is 7.83. The van der Waals surface area contributed by atoms with Crippen molar-refractivity contribution >= 4 is 29.1 Å². The SMILES string of the molecule is CCOc1ccc(C(=O)Oc2coc(CSc3nc(C)cs3)cc2=O)cc1. The van der Waals surface area contributed by atoms with E-state index in [1.807, 2.05) is 19.2 Å². The van der Waals surface area contributed by atoms with Gasteiger partial charge in [-0.05, 0) is 38.1 Å². The van der Waals surface area contributed by atoms with Crippen molar-refractivity contribution in [2.75, 3.05) is 6.61 Å². The Kier molecular flexibility index (Phi) is 6.31. The molecule has 0 saturated heterocycles. The monoisotopic (exact) mass is 403 g/mol. The molecular formula is C19H17NO5S2. The lowest BCUT2D eigenvalue weighted by molar-refractivity contribution is 0.0729. The van der Waals surface area contributed by atoms with Gasteiger partial charge in [0.05, 0.1) is 17.9 Å². The van der Waals surface area contributed by atoms with E-state index in [4.69, 9.17) is 13.9 Å². The number of aryl methyl sites for hydroxylation is 1. The normalized spacial score (nSPS) is 10.6. The summed E-state index contributed by atoms with van der Waals surface area (Å²) < 4.78 is 16.8. The molecule has 3 rings (SSSR count). The molecular weight excluding hydrogens is 386 g/mol. The number of rotatable bonds is 7. The molecule has 0 amide bonds. The van der Waals surface area contributed by atoms with Gasteiger partial charge < -0.3 is 13.9 Å². The van der Waals surface area contributed by atoms with Gasteiger partial charge in [0.15, 0.2) is 4.34 Å². The van der Waals surface area contributed by atoms with Gasteiger partial charge in [-0.15, -0.1) is 11.3 Å². The number of nitrogens with zero attached hydrogens (tertiary/aromatic N) is 1. The van der Waals surface area contributed by atoms with Gasteiger partial charge in [-0.25, -0.2) is 9.78 Å². The molecule has 0 fully saturated rings. The number of hydrogen-bond donors (Lipinski definition) is 0. The Morgan fingerprint density at radius 1 is 1.30 bits per heavy atom. The summed E-state index contributed by atoms with van der Waals surface area (Å²) in [4.78, 5) is 28.7. The molecule has 0 atom stereocenters. The van der Waals surface area contributed by atoms with Crippen molar-refractivity contribution in [3.8, 4) is 11.5 Å². The van der Waals surface area contributed by atoms with Crippen LogP contribution < -0.4 is 14.9 Å². The molecule has 0 aliphatic carbocycles. The maximum absolute atomic E-state index is 12.2. The maximum Gasteiger partial charge on any atom is 0.343 e. The van der Waals surface area contributed by atoms with Crippen LogP contribution in [0.1, 0.15) is 28.7 Å². The first-order valence-electron chi connectivity index (χ1n) is 8.17. The number of hydrogen-bond acceptors (Lipinski definition) is 8. The fourth-order valence-corrected chi connectivity index (χ4v) is 3.87. The molecule has 6 nitrogen and oxygen atoms in total. The van der Waals surface area contributed by atoms with Crippen molar-refractivity contribution < 1.29 is 18.7 Å². The van der Waals surface area contributed by atoms with Crippen molar-refractivity contribution in [1.82, 2.24) is 4.98 Å². The molecule has 0 unspecified atom stereocenters. The van der Waals surface area contributed by atoms with Gasteiger partial charge >= 0.3 is 5.97 Å². The van der Waals surface area contributed by atoms with Crippen LogP contribution in [0.5, 0.6) is 11.5 Å². The zero-order valence-corrected chi connectivity index (χ0v) is 16.4. The summed E-state index contributed by atoms with van der Waals surface area (Å²) in [6.45, 7) is 4.34. The fraction of sp³-hybridized carbons (Fsp3) is 0.211. The molecule has 27 heavy (non-hydrogen) atoms. The minimum absolute atomic E-state index is 0.146. The largest absolute Gasteiger partial charge is 0.494 e. The number of thiazole rings is 1. The highest BCUT2D eigenvalue weighted by Gasteiger charge is 2.13. The van der Waals surface area contributed by atoms with Crippen LogP contribution in [-0.2, 0) is 5.75 Å². The molecule has 0 radical (unpaired) electrons. The van der Waals surface area contributed by atoms with E-state index < -0.39 is 11.4 Å². The molecule has 2 heterocycles. The summed E-state index contributed by atoms with van der Waals surface area (Å²) in [7, 11) is 0. The molecule has 0 spiro atoms. The molecule has 0 bridgehead atoms. The number of esters is 1. The van der Waals surface area contributed by atoms with Crippen molar-refractivity contribution in [3.05, 3.63) is 69.2 Å². The van der Waals surface area contributed by atoms with Crippen LogP contribution in [0.4, 0.5) is 0 Å². The standard InChI is InChI=1S/C19H17NO5S2/c1-3-23-14-6-4-13(5-7-14)18(22)25-17-9-24-15(8-16(17)21)11-27-19-20-12(2)10-26-19/h4-10H,3,11H2,1-2H3. The van der Waals surface area contributed by atoms with E-state index >= 15 is 0 Å². The highest BCUT2D eigenvalue weighted by atomic mass is 32.2. The molecule has 1 aromatic carbocycles. The predicted molar refractivity (Wildman–Crippen MR) is 104 cm³/mol. The van der Waals surface area contributed by atoms with E-state index in [9.17, 15) is 9.59 Å². The predicted octanol–water partition coefficient (Wildman–Crippen LogP) is 4.31. The smallest absolute Gasteiger partial charge is 0.343 e. The maximum atomic E-state index is 12.2. The van der Waals surface area contributed by atoms with Crippen LogP contribution in [0.2, 0.25) is 0 Å². The number of carbonyl (C=O) groups excluding carboxylic acids is 1. The summed E-state index contributed by atoms with van der Waals surface area (Å²) in [5, 5.41) is 1.96. The number of ether oxygens (including phenoxy) is 2. The Balaban J connectivity index is 1.63. The molecule has 3 aromatic rings. The highest BCUT2D eigenvalue weighted by Crippen LogP contribution is 2.26. The molecule has 0 aliphatic rings. The second kappa shape index (κ2) is 8.88. The van der Waals surface area contributed by atoms with Gasteiger partial charge in [0.25, 0.3) is 0 Å². The van der Waals surface area contributed by atoms with E-state index in [1.165, 1.54) is 29.2 Å². The Hall–Kier alpha value is -2.58. The minimum Gasteiger partial charge on any atom is -0.494 e. The van der Waals surface area contributed by atoms with Crippen molar-refractivity contribution in [3.63, 3.8) is 0 Å². The first-order chi connectivity index (χ1) is 13.0. The van der Waals surface area contributed by atoms with E-state index in [2.05, 4.69) is 4.98 Å². The quantitative estimate of drug-likeness (QED) is 0.429. The third kappa shape index (κ3) is 5.21. The highest BCUT2D eigenvalue weighted by molar-refractivity contribution is 8.00. The van der Waals surface area contributed by atoms with Crippen LogP contribution in [-0.4, -0.2) is 17.6 Å². The zero-order valence-electron chi connectivity index (χ0n) is 14.8. The van der Waals surface area contributed by atoms with Crippen LogP contribution >= 0.6 is 23.1 Å². The Bertz CT molecular complexity index is 978. The van der Waals surface area contributed by atoms with E-state index in [0.29, 0.717) is 29.4 Å². The molecule has 0 saturated carbocycles. The van der Waals surface area contributed by atoms with Gasteiger partial charge in [-0.1, -0.05) is 11.8 Å². The molecule has 2 aromatic heterocycles. The van der Waals surface area contributed by atoms with Gasteiger partial charge in [0.1, 0.15) is 17.8 Å². The zero-order chi connectivity index (χ0) is 19.2. The molecule has 0 aliphatic heterocycles. The number of carbonyl (C=O) groups is 1. The topological polar surface area (TPSA) is 78.6 Å². The molecule has 8 heteroatoms. The number of thioether (sulfide) groups is 1. The number of benzene rings is 1. The summed E-state index contributed by atoms with van der Waals surface area (Å²) in [5.74, 6) is 0.831. The molecule has 0 N–H and O–H groups in total. The van der Waals surface area contributed by atoms with Crippen molar-refractivity contribution in [2.45, 2.75) is 23.9 Å². The lowest BCUT2D eigenvalue weighted by Crippen LogP contribution is -2.14. The second-order valence-corrected chi connectivity index (χ2v) is 7.55. The first-order valence-corrected chi connectivity index (χ1v) is 10.0. The fourth-order valence-electron chi connectivity index (χ4n) is 2.13. The Morgan fingerprint density at radius 2 is 2.07 bits per heavy atom. The van der Waals surface area contributed by atoms with Gasteiger partial charge in [0.2, 0.25) is 11.2 Å². The van der Waals surface area contributed by atoms with Crippen LogP contribution in [0.15, 0.2) is 55.5 Å². The van der Waals surface area contributed by atoms with E-state index in [1.54, 1.807) is 24.3 Å². The summed E-state index contributed by atoms with van der Waals surface area (Å²) >= 11 is 3.02. The van der Waals surface area contributed by atoms with E-state index in [-0.39, 0.29) is 5.75 Å². The third-order valence-corrected chi connectivity index (χ3v) is 5.55.